The smallest absolute Gasteiger partial charge is 0.330 e. The molecule has 206 valence electrons. The summed E-state index contributed by atoms with van der Waals surface area (Å²) in [6.07, 6.45) is -0.371. The molecule has 12 nitrogen and oxygen atoms in total. The number of aromatic amines is 1. The van der Waals surface area contributed by atoms with E-state index in [1.165, 1.54) is 16.8 Å². The quantitative estimate of drug-likeness (QED) is 0.252. The van der Waals surface area contributed by atoms with Gasteiger partial charge in [-0.3, -0.25) is 19.2 Å². The highest BCUT2D eigenvalue weighted by Crippen LogP contribution is 2.55. The summed E-state index contributed by atoms with van der Waals surface area (Å²) in [5, 5.41) is 0. The Labute approximate surface area is 219 Å². The normalized spacial score (nSPS) is 29.4. The van der Waals surface area contributed by atoms with Crippen LogP contribution in [-0.2, 0) is 18.5 Å². The van der Waals surface area contributed by atoms with Crippen LogP contribution in [0.5, 0.6) is 0 Å². The fourth-order valence-corrected chi connectivity index (χ4v) is 7.09. The van der Waals surface area contributed by atoms with E-state index in [0.29, 0.717) is 13.2 Å². The minimum atomic E-state index is -1.54. The van der Waals surface area contributed by atoms with E-state index in [0.717, 1.165) is 26.2 Å². The second-order valence-electron chi connectivity index (χ2n) is 10.5. The summed E-state index contributed by atoms with van der Waals surface area (Å²) >= 11 is 0. The van der Waals surface area contributed by atoms with E-state index in [2.05, 4.69) is 59.0 Å². The van der Waals surface area contributed by atoms with Crippen LogP contribution in [0.15, 0.2) is 21.9 Å². The molecule has 4 heterocycles. The minimum absolute atomic E-state index is 0.145. The van der Waals surface area contributed by atoms with E-state index in [4.69, 9.17) is 25.1 Å². The fourth-order valence-electron chi connectivity index (χ4n) is 5.29. The molecular weight excluding hydrogens is 499 g/mol. The summed E-state index contributed by atoms with van der Waals surface area (Å²) in [4.78, 5) is 34.8. The Hall–Kier alpha value is -1.68. The lowest BCUT2D eigenvalue weighted by Crippen LogP contribution is -2.55. The van der Waals surface area contributed by atoms with Gasteiger partial charge in [-0.15, -0.1) is 0 Å². The van der Waals surface area contributed by atoms with Crippen molar-refractivity contribution in [1.29, 1.82) is 0 Å². The van der Waals surface area contributed by atoms with Crippen LogP contribution in [0.4, 0.5) is 0 Å². The molecule has 4 rings (SSSR count). The first-order chi connectivity index (χ1) is 17.6. The van der Waals surface area contributed by atoms with Gasteiger partial charge in [-0.2, -0.15) is 0 Å². The van der Waals surface area contributed by atoms with Crippen molar-refractivity contribution in [3.05, 3.63) is 44.5 Å². The van der Waals surface area contributed by atoms with Crippen LogP contribution in [0.1, 0.15) is 33.9 Å². The molecule has 1 aromatic rings. The largest absolute Gasteiger partial charge is 0.367 e. The van der Waals surface area contributed by atoms with Crippen LogP contribution in [0.2, 0.25) is 0 Å². The zero-order valence-corrected chi connectivity index (χ0v) is 23.2. The van der Waals surface area contributed by atoms with Crippen molar-refractivity contribution in [1.82, 2.24) is 24.0 Å². The van der Waals surface area contributed by atoms with Gasteiger partial charge in [0, 0.05) is 57.1 Å². The van der Waals surface area contributed by atoms with E-state index in [1.807, 2.05) is 0 Å². The Bertz CT molecular complexity index is 1060. The summed E-state index contributed by atoms with van der Waals surface area (Å²) in [7, 11) is 0.568. The lowest BCUT2D eigenvalue weighted by Gasteiger charge is -2.41. The number of nitrogens with one attached hydrogen (secondary N) is 1. The summed E-state index contributed by atoms with van der Waals surface area (Å²) < 4.78 is 29.5. The maximum absolute atomic E-state index is 12.7. The molecule has 13 heteroatoms. The summed E-state index contributed by atoms with van der Waals surface area (Å²) in [5.74, 6) is 0. The number of hydrogen-bond acceptors (Lipinski definition) is 9. The molecule has 3 fully saturated rings. The summed E-state index contributed by atoms with van der Waals surface area (Å²) in [5.41, 5.74) is -1.83. The molecule has 3 aliphatic rings. The van der Waals surface area contributed by atoms with Crippen molar-refractivity contribution >= 4 is 8.53 Å². The average Bonchev–Trinajstić information content (AvgIpc) is 3.31. The van der Waals surface area contributed by atoms with Crippen LogP contribution >= 0.6 is 8.53 Å². The maximum atomic E-state index is 12.7. The molecule has 0 aliphatic carbocycles. The Kier molecular flexibility index (Phi) is 9.20. The number of H-pyrrole nitrogens is 1. The van der Waals surface area contributed by atoms with Crippen molar-refractivity contribution in [3.63, 3.8) is 0 Å². The standard InChI is InChI=1S/C24H39N6O6P/c1-17(2)30(18(3)4)37(34-14-8-25-5)36-21-20-22(29-9-7-19(31)26-23(29)32)35-24(21,16-33-20)15-28-12-10-27(6)11-13-28/h7,9,17-18,20-22H,8,10-16H2,1-4,6H3,(H,26,31,32)/t20?,21-,22-,24+,37?/m1/s1. The highest BCUT2D eigenvalue weighted by Gasteiger charge is 2.64. The third kappa shape index (κ3) is 6.15. The summed E-state index contributed by atoms with van der Waals surface area (Å²) in [6.45, 7) is 20.6. The van der Waals surface area contributed by atoms with Crippen molar-refractivity contribution in [2.45, 2.75) is 63.8 Å². The molecule has 0 amide bonds. The second kappa shape index (κ2) is 12.0. The Morgan fingerprint density at radius 3 is 2.57 bits per heavy atom. The molecule has 0 saturated carbocycles. The van der Waals surface area contributed by atoms with Gasteiger partial charge < -0.3 is 28.3 Å². The molecule has 37 heavy (non-hydrogen) atoms. The monoisotopic (exact) mass is 538 g/mol. The van der Waals surface area contributed by atoms with Crippen molar-refractivity contribution in [2.75, 3.05) is 59.5 Å². The van der Waals surface area contributed by atoms with Crippen LogP contribution in [0.25, 0.3) is 4.85 Å². The molecule has 2 bridgehead atoms. The predicted octanol–water partition coefficient (Wildman–Crippen LogP) is 1.12. The van der Waals surface area contributed by atoms with E-state index in [9.17, 15) is 9.59 Å². The van der Waals surface area contributed by atoms with Crippen LogP contribution in [-0.4, -0.2) is 113 Å². The average molecular weight is 539 g/mol. The number of hydrogen-bond donors (Lipinski definition) is 1. The minimum Gasteiger partial charge on any atom is -0.367 e. The van der Waals surface area contributed by atoms with Gasteiger partial charge in [-0.05, 0) is 34.7 Å². The van der Waals surface area contributed by atoms with E-state index in [-0.39, 0.29) is 25.2 Å². The molecule has 1 N–H and O–H groups in total. The summed E-state index contributed by atoms with van der Waals surface area (Å²) in [6, 6.07) is 1.59. The molecule has 0 spiro atoms. The zero-order chi connectivity index (χ0) is 26.7. The van der Waals surface area contributed by atoms with Gasteiger partial charge in [0.2, 0.25) is 6.54 Å². The third-order valence-corrected chi connectivity index (χ3v) is 9.15. The molecule has 3 saturated heterocycles. The van der Waals surface area contributed by atoms with Crippen LogP contribution in [0, 0.1) is 6.57 Å². The number of aromatic nitrogens is 2. The molecular formula is C24H39N6O6P. The first-order valence-electron chi connectivity index (χ1n) is 12.9. The highest BCUT2D eigenvalue weighted by atomic mass is 31.2. The molecule has 1 aromatic heterocycles. The van der Waals surface area contributed by atoms with Gasteiger partial charge in [0.25, 0.3) is 14.1 Å². The van der Waals surface area contributed by atoms with E-state index < -0.39 is 43.8 Å². The Balaban J connectivity index is 1.66. The molecule has 0 radical (unpaired) electrons. The second-order valence-corrected chi connectivity index (χ2v) is 11.9. The number of piperazine rings is 1. The van der Waals surface area contributed by atoms with Gasteiger partial charge in [-0.25, -0.2) is 16.0 Å². The van der Waals surface area contributed by atoms with E-state index >= 15 is 0 Å². The highest BCUT2D eigenvalue weighted by molar-refractivity contribution is 7.44. The van der Waals surface area contributed by atoms with Gasteiger partial charge in [-0.1, -0.05) is 0 Å². The first kappa shape index (κ1) is 28.3. The number of ether oxygens (including phenoxy) is 2. The number of fused-ring (bicyclic) bond motifs is 2. The third-order valence-electron chi connectivity index (χ3n) is 7.04. The number of nitrogens with zero attached hydrogens (tertiary/aromatic N) is 5. The number of likely N-dealkylation sites (N-methyl/N-ethyl adjacent to an activating group) is 1. The molecule has 5 atom stereocenters. The first-order valence-corrected chi connectivity index (χ1v) is 14.0. The SMILES string of the molecule is [C-]#[N+]CCOP(O[C@@H]1C2OC[C@]1(CN1CCN(C)CC1)O[C@H]2n1ccc(=O)[nH]c1=O)N(C(C)C)C(C)C. The van der Waals surface area contributed by atoms with Crippen molar-refractivity contribution in [3.8, 4) is 0 Å². The van der Waals surface area contributed by atoms with Crippen LogP contribution in [0.3, 0.4) is 0 Å². The number of rotatable bonds is 11. The lowest BCUT2D eigenvalue weighted by atomic mass is 9.98. The molecule has 2 unspecified atom stereocenters. The maximum Gasteiger partial charge on any atom is 0.330 e. The fraction of sp³-hybridized carbons (Fsp3) is 0.792. The van der Waals surface area contributed by atoms with E-state index in [1.54, 1.807) is 0 Å². The molecule has 3 aliphatic heterocycles. The zero-order valence-electron chi connectivity index (χ0n) is 22.3. The molecule has 0 aromatic carbocycles. The predicted molar refractivity (Wildman–Crippen MR) is 139 cm³/mol. The van der Waals surface area contributed by atoms with Crippen molar-refractivity contribution in [2.24, 2.45) is 0 Å². The van der Waals surface area contributed by atoms with Crippen LogP contribution < -0.4 is 11.2 Å². The van der Waals surface area contributed by atoms with Gasteiger partial charge in [0.05, 0.1) is 6.61 Å². The lowest BCUT2D eigenvalue weighted by molar-refractivity contribution is -0.182. The Morgan fingerprint density at radius 1 is 1.24 bits per heavy atom. The van der Waals surface area contributed by atoms with Gasteiger partial charge in [0.15, 0.2) is 6.23 Å². The topological polar surface area (TPSA) is 106 Å². The van der Waals surface area contributed by atoms with Crippen molar-refractivity contribution < 1.29 is 18.5 Å². The van der Waals surface area contributed by atoms with Gasteiger partial charge >= 0.3 is 5.69 Å². The van der Waals surface area contributed by atoms with Gasteiger partial charge in [0.1, 0.15) is 24.4 Å². The Morgan fingerprint density at radius 2 is 1.95 bits per heavy atom.